The molecule has 0 atom stereocenters. The van der Waals surface area contributed by atoms with Crippen molar-refractivity contribution in [3.8, 4) is 22.9 Å². The van der Waals surface area contributed by atoms with E-state index < -0.39 is 0 Å². The summed E-state index contributed by atoms with van der Waals surface area (Å²) in [7, 11) is 3.37. The summed E-state index contributed by atoms with van der Waals surface area (Å²) in [6, 6.07) is 21.5. The fourth-order valence-electron chi connectivity index (χ4n) is 3.22. The number of rotatable bonds is 5. The van der Waals surface area contributed by atoms with Crippen LogP contribution in [0.3, 0.4) is 0 Å². The van der Waals surface area contributed by atoms with Gasteiger partial charge in [0.2, 0.25) is 11.8 Å². The van der Waals surface area contributed by atoms with E-state index in [0.29, 0.717) is 34.2 Å². The van der Waals surface area contributed by atoms with Crippen molar-refractivity contribution in [1.29, 1.82) is 0 Å². The fraction of sp³-hybridized carbons (Fsp3) is 0.120. The van der Waals surface area contributed by atoms with E-state index in [1.165, 1.54) is 4.90 Å². The zero-order valence-electron chi connectivity index (χ0n) is 18.0. The Morgan fingerprint density at radius 3 is 2.28 bits per heavy atom. The van der Waals surface area contributed by atoms with Crippen LogP contribution in [0.15, 0.2) is 77.2 Å². The van der Waals surface area contributed by atoms with Crippen molar-refractivity contribution in [3.63, 3.8) is 0 Å². The minimum atomic E-state index is -0.280. The summed E-state index contributed by atoms with van der Waals surface area (Å²) in [5, 5.41) is 11.1. The van der Waals surface area contributed by atoms with Gasteiger partial charge >= 0.3 is 0 Å². The van der Waals surface area contributed by atoms with Crippen LogP contribution >= 0.6 is 0 Å². The van der Waals surface area contributed by atoms with Crippen molar-refractivity contribution in [3.05, 3.63) is 89.5 Å². The molecule has 0 aliphatic rings. The van der Waals surface area contributed by atoms with Crippen LogP contribution in [0.1, 0.15) is 26.3 Å². The van der Waals surface area contributed by atoms with Crippen molar-refractivity contribution >= 4 is 17.5 Å². The molecular formula is C25H22N4O3. The van der Waals surface area contributed by atoms with E-state index in [1.54, 1.807) is 62.6 Å². The third-order valence-electron chi connectivity index (χ3n) is 4.97. The molecule has 4 rings (SSSR count). The highest BCUT2D eigenvalue weighted by molar-refractivity contribution is 6.05. The summed E-state index contributed by atoms with van der Waals surface area (Å²) in [6.45, 7) is 1.98. The highest BCUT2D eigenvalue weighted by Crippen LogP contribution is 2.26. The summed E-state index contributed by atoms with van der Waals surface area (Å²) in [6.07, 6.45) is 0. The van der Waals surface area contributed by atoms with Crippen molar-refractivity contribution in [2.75, 3.05) is 19.4 Å². The molecule has 0 fully saturated rings. The molecule has 3 aromatic carbocycles. The maximum Gasteiger partial charge on any atom is 0.255 e. The summed E-state index contributed by atoms with van der Waals surface area (Å²) < 4.78 is 5.83. The smallest absolute Gasteiger partial charge is 0.255 e. The number of nitrogens with zero attached hydrogens (tertiary/aromatic N) is 3. The zero-order chi connectivity index (χ0) is 22.7. The minimum Gasteiger partial charge on any atom is -0.416 e. The summed E-state index contributed by atoms with van der Waals surface area (Å²) in [5.41, 5.74) is 4.17. The molecule has 7 heteroatoms. The van der Waals surface area contributed by atoms with Crippen LogP contribution in [-0.4, -0.2) is 41.0 Å². The maximum atomic E-state index is 12.6. The van der Waals surface area contributed by atoms with Gasteiger partial charge in [-0.3, -0.25) is 9.59 Å². The average molecular weight is 426 g/mol. The lowest BCUT2D eigenvalue weighted by Gasteiger charge is -2.11. The van der Waals surface area contributed by atoms with Gasteiger partial charge in [0.15, 0.2) is 0 Å². The second kappa shape index (κ2) is 8.85. The lowest BCUT2D eigenvalue weighted by atomic mass is 10.1. The molecule has 0 aliphatic carbocycles. The van der Waals surface area contributed by atoms with Crippen LogP contribution in [0.25, 0.3) is 22.9 Å². The molecule has 0 aliphatic heterocycles. The second-order valence-electron chi connectivity index (χ2n) is 7.54. The molecule has 160 valence electrons. The van der Waals surface area contributed by atoms with Gasteiger partial charge in [-0.05, 0) is 61.0 Å². The summed E-state index contributed by atoms with van der Waals surface area (Å²) in [5.74, 6) is 0.421. The molecule has 0 unspecified atom stereocenters. The molecule has 1 N–H and O–H groups in total. The van der Waals surface area contributed by atoms with Gasteiger partial charge in [-0.1, -0.05) is 24.3 Å². The van der Waals surface area contributed by atoms with Crippen LogP contribution in [0, 0.1) is 6.92 Å². The topological polar surface area (TPSA) is 88.3 Å². The Kier molecular flexibility index (Phi) is 5.81. The molecule has 1 heterocycles. The van der Waals surface area contributed by atoms with Gasteiger partial charge in [0.05, 0.1) is 0 Å². The number of hydrogen-bond donors (Lipinski definition) is 1. The first-order valence-electron chi connectivity index (χ1n) is 10.1. The van der Waals surface area contributed by atoms with E-state index >= 15 is 0 Å². The maximum absolute atomic E-state index is 12.6. The first kappa shape index (κ1) is 21.0. The molecule has 2 amide bonds. The molecular weight excluding hydrogens is 404 g/mol. The van der Waals surface area contributed by atoms with Gasteiger partial charge < -0.3 is 14.6 Å². The Labute approximate surface area is 185 Å². The molecule has 1 aromatic heterocycles. The number of hydrogen-bond acceptors (Lipinski definition) is 5. The van der Waals surface area contributed by atoms with E-state index in [9.17, 15) is 9.59 Å². The lowest BCUT2D eigenvalue weighted by molar-refractivity contribution is 0.0827. The first-order valence-corrected chi connectivity index (χ1v) is 10.1. The van der Waals surface area contributed by atoms with Gasteiger partial charge in [-0.2, -0.15) is 0 Å². The summed E-state index contributed by atoms with van der Waals surface area (Å²) in [4.78, 5) is 26.3. The lowest BCUT2D eigenvalue weighted by Crippen LogP contribution is -2.21. The second-order valence-corrected chi connectivity index (χ2v) is 7.54. The Morgan fingerprint density at radius 1 is 0.844 bits per heavy atom. The number of amides is 2. The Bertz CT molecular complexity index is 1280. The fourth-order valence-corrected chi connectivity index (χ4v) is 3.22. The van der Waals surface area contributed by atoms with Crippen molar-refractivity contribution in [2.45, 2.75) is 6.92 Å². The van der Waals surface area contributed by atoms with E-state index in [4.69, 9.17) is 4.42 Å². The SMILES string of the molecule is Cc1ccccc1-c1nnc(-c2ccc(C(=O)Nc3cccc(C(=O)N(C)C)c3)cc2)o1. The number of aryl methyl sites for hydroxylation is 1. The van der Waals surface area contributed by atoms with Crippen molar-refractivity contribution in [2.24, 2.45) is 0 Å². The van der Waals surface area contributed by atoms with Crippen LogP contribution in [-0.2, 0) is 0 Å². The highest BCUT2D eigenvalue weighted by Gasteiger charge is 2.14. The molecule has 0 radical (unpaired) electrons. The first-order chi connectivity index (χ1) is 15.4. The molecule has 32 heavy (non-hydrogen) atoms. The Balaban J connectivity index is 1.49. The van der Waals surface area contributed by atoms with Crippen LogP contribution in [0.4, 0.5) is 5.69 Å². The number of nitrogens with one attached hydrogen (secondary N) is 1. The quantitative estimate of drug-likeness (QED) is 0.501. The minimum absolute atomic E-state index is 0.130. The Hall–Kier alpha value is -4.26. The highest BCUT2D eigenvalue weighted by atomic mass is 16.4. The van der Waals surface area contributed by atoms with Crippen molar-refractivity contribution in [1.82, 2.24) is 15.1 Å². The van der Waals surface area contributed by atoms with Crippen LogP contribution in [0.2, 0.25) is 0 Å². The molecule has 0 spiro atoms. The monoisotopic (exact) mass is 426 g/mol. The van der Waals surface area contributed by atoms with Gasteiger partial charge in [0.25, 0.3) is 11.8 Å². The zero-order valence-corrected chi connectivity index (χ0v) is 18.0. The third kappa shape index (κ3) is 4.41. The van der Waals surface area contributed by atoms with Gasteiger partial charge in [-0.25, -0.2) is 0 Å². The number of anilines is 1. The Morgan fingerprint density at radius 2 is 1.56 bits per heavy atom. The number of carbonyl (C=O) groups is 2. The van der Waals surface area contributed by atoms with E-state index in [2.05, 4.69) is 15.5 Å². The predicted octanol–water partition coefficient (Wildman–Crippen LogP) is 4.67. The van der Waals surface area contributed by atoms with E-state index in [-0.39, 0.29) is 11.8 Å². The van der Waals surface area contributed by atoms with E-state index in [0.717, 1.165) is 11.1 Å². The standard InChI is InChI=1S/C25H22N4O3/c1-16-7-4-5-10-21(16)24-28-27-23(32-24)18-13-11-17(12-14-18)22(30)26-20-9-6-8-19(15-20)25(31)29(2)3/h4-15H,1-3H3,(H,26,30). The van der Waals surface area contributed by atoms with Crippen LogP contribution < -0.4 is 5.32 Å². The van der Waals surface area contributed by atoms with Gasteiger partial charge in [0.1, 0.15) is 0 Å². The molecule has 7 nitrogen and oxygen atoms in total. The van der Waals surface area contributed by atoms with Gasteiger partial charge in [-0.15, -0.1) is 10.2 Å². The molecule has 4 aromatic rings. The third-order valence-corrected chi connectivity index (χ3v) is 4.97. The largest absolute Gasteiger partial charge is 0.416 e. The van der Waals surface area contributed by atoms with E-state index in [1.807, 2.05) is 31.2 Å². The molecule has 0 saturated carbocycles. The normalized spacial score (nSPS) is 10.6. The van der Waals surface area contributed by atoms with Crippen LogP contribution in [0.5, 0.6) is 0 Å². The predicted molar refractivity (Wildman–Crippen MR) is 122 cm³/mol. The molecule has 0 bridgehead atoms. The van der Waals surface area contributed by atoms with Gasteiger partial charge in [0, 0.05) is 42.0 Å². The number of carbonyl (C=O) groups excluding carboxylic acids is 2. The molecule has 0 saturated heterocycles. The van der Waals surface area contributed by atoms with Crippen molar-refractivity contribution < 1.29 is 14.0 Å². The average Bonchev–Trinajstić information content (AvgIpc) is 3.29. The number of benzene rings is 3. The summed E-state index contributed by atoms with van der Waals surface area (Å²) >= 11 is 0. The number of aromatic nitrogens is 2.